The summed E-state index contributed by atoms with van der Waals surface area (Å²) in [4.78, 5) is 11.8. The molecule has 0 spiro atoms. The Morgan fingerprint density at radius 3 is 2.79 bits per heavy atom. The van der Waals surface area contributed by atoms with Gasteiger partial charge in [0.15, 0.2) is 6.61 Å². The van der Waals surface area contributed by atoms with Gasteiger partial charge in [0.05, 0.1) is 16.6 Å². The number of nitrogens with one attached hydrogen (secondary N) is 1. The first-order chi connectivity index (χ1) is 9.04. The van der Waals surface area contributed by atoms with E-state index in [2.05, 4.69) is 21.2 Å². The minimum atomic E-state index is -0.433. The van der Waals surface area contributed by atoms with Gasteiger partial charge in [-0.1, -0.05) is 11.6 Å². The standard InChI is InChI=1S/C13H15BrClNO3/c14-10-6-9(15)2-3-11(10)19-7-12(18)16-13(8-17)4-1-5-13/h2-3,6,17H,1,4-5,7-8H2,(H,16,18). The van der Waals surface area contributed by atoms with E-state index in [0.29, 0.717) is 15.2 Å². The zero-order valence-electron chi connectivity index (χ0n) is 10.3. The maximum atomic E-state index is 11.8. The Morgan fingerprint density at radius 2 is 2.26 bits per heavy atom. The summed E-state index contributed by atoms with van der Waals surface area (Å²) in [6, 6.07) is 5.10. The summed E-state index contributed by atoms with van der Waals surface area (Å²) in [7, 11) is 0. The van der Waals surface area contributed by atoms with E-state index in [9.17, 15) is 9.90 Å². The molecule has 2 N–H and O–H groups in total. The van der Waals surface area contributed by atoms with E-state index in [4.69, 9.17) is 16.3 Å². The highest BCUT2D eigenvalue weighted by molar-refractivity contribution is 9.10. The number of rotatable bonds is 5. The molecule has 0 heterocycles. The van der Waals surface area contributed by atoms with Gasteiger partial charge in [0, 0.05) is 5.02 Å². The molecule has 104 valence electrons. The average Bonchev–Trinajstić information content (AvgIpc) is 2.33. The number of carbonyl (C=O) groups excluding carboxylic acids is 1. The number of amides is 1. The number of carbonyl (C=O) groups is 1. The minimum absolute atomic E-state index is 0.0244. The molecule has 1 aliphatic rings. The Hall–Kier alpha value is -0.780. The summed E-state index contributed by atoms with van der Waals surface area (Å²) in [5.74, 6) is 0.335. The molecule has 0 aromatic heterocycles. The fourth-order valence-corrected chi connectivity index (χ4v) is 2.79. The quantitative estimate of drug-likeness (QED) is 0.859. The van der Waals surface area contributed by atoms with Crippen LogP contribution in [0.4, 0.5) is 0 Å². The summed E-state index contributed by atoms with van der Waals surface area (Å²) in [6.45, 7) is -0.106. The van der Waals surface area contributed by atoms with Crippen molar-refractivity contribution in [2.24, 2.45) is 0 Å². The molecule has 19 heavy (non-hydrogen) atoms. The first-order valence-electron chi connectivity index (χ1n) is 6.04. The number of aliphatic hydroxyl groups excluding tert-OH is 1. The Morgan fingerprint density at radius 1 is 1.53 bits per heavy atom. The fraction of sp³-hybridized carbons (Fsp3) is 0.462. The zero-order chi connectivity index (χ0) is 13.9. The van der Waals surface area contributed by atoms with Crippen molar-refractivity contribution in [1.29, 1.82) is 0 Å². The predicted molar refractivity (Wildman–Crippen MR) is 76.5 cm³/mol. The lowest BCUT2D eigenvalue weighted by atomic mass is 9.77. The molecule has 0 aliphatic heterocycles. The molecule has 1 aliphatic carbocycles. The topological polar surface area (TPSA) is 58.6 Å². The van der Waals surface area contributed by atoms with E-state index in [1.807, 2.05) is 0 Å². The van der Waals surface area contributed by atoms with Crippen LogP contribution in [0.1, 0.15) is 19.3 Å². The highest BCUT2D eigenvalue weighted by Gasteiger charge is 2.37. The van der Waals surface area contributed by atoms with Gasteiger partial charge in [-0.15, -0.1) is 0 Å². The van der Waals surface area contributed by atoms with Crippen molar-refractivity contribution < 1.29 is 14.6 Å². The van der Waals surface area contributed by atoms with Crippen LogP contribution in [0.15, 0.2) is 22.7 Å². The lowest BCUT2D eigenvalue weighted by Crippen LogP contribution is -2.57. The summed E-state index contributed by atoms with van der Waals surface area (Å²) in [6.07, 6.45) is 2.67. The smallest absolute Gasteiger partial charge is 0.258 e. The van der Waals surface area contributed by atoms with Gasteiger partial charge in [-0.3, -0.25) is 4.79 Å². The Balaban J connectivity index is 1.86. The summed E-state index contributed by atoms with van der Waals surface area (Å²) < 4.78 is 6.12. The predicted octanol–water partition coefficient (Wildman–Crippen LogP) is 2.51. The third-order valence-corrected chi connectivity index (χ3v) is 4.13. The van der Waals surface area contributed by atoms with Crippen molar-refractivity contribution in [2.45, 2.75) is 24.8 Å². The number of benzene rings is 1. The minimum Gasteiger partial charge on any atom is -0.483 e. The highest BCUT2D eigenvalue weighted by Crippen LogP contribution is 2.31. The van der Waals surface area contributed by atoms with Crippen LogP contribution in [-0.2, 0) is 4.79 Å². The van der Waals surface area contributed by atoms with Gasteiger partial charge in [0.2, 0.25) is 0 Å². The molecule has 0 atom stereocenters. The molecular formula is C13H15BrClNO3. The Kier molecular flexibility index (Phi) is 4.71. The maximum Gasteiger partial charge on any atom is 0.258 e. The largest absolute Gasteiger partial charge is 0.483 e. The van der Waals surface area contributed by atoms with Crippen molar-refractivity contribution in [3.8, 4) is 5.75 Å². The van der Waals surface area contributed by atoms with Gasteiger partial charge in [0.25, 0.3) is 5.91 Å². The molecule has 1 amide bonds. The fourth-order valence-electron chi connectivity index (χ4n) is 1.99. The van der Waals surface area contributed by atoms with E-state index < -0.39 is 5.54 Å². The molecular weight excluding hydrogens is 334 g/mol. The number of hydrogen-bond acceptors (Lipinski definition) is 3. The van der Waals surface area contributed by atoms with E-state index in [1.165, 1.54) is 0 Å². The molecule has 0 radical (unpaired) electrons. The van der Waals surface area contributed by atoms with Gasteiger partial charge >= 0.3 is 0 Å². The van der Waals surface area contributed by atoms with E-state index in [1.54, 1.807) is 18.2 Å². The molecule has 0 unspecified atom stereocenters. The third kappa shape index (κ3) is 3.61. The van der Waals surface area contributed by atoms with Crippen LogP contribution in [0, 0.1) is 0 Å². The van der Waals surface area contributed by atoms with Crippen LogP contribution in [0.5, 0.6) is 5.75 Å². The molecule has 4 nitrogen and oxygen atoms in total. The summed E-state index contributed by atoms with van der Waals surface area (Å²) in [5, 5.41) is 12.7. The van der Waals surface area contributed by atoms with E-state index in [0.717, 1.165) is 19.3 Å². The lowest BCUT2D eigenvalue weighted by molar-refractivity contribution is -0.127. The first kappa shape index (κ1) is 14.6. The van der Waals surface area contributed by atoms with Crippen molar-refractivity contribution in [3.05, 3.63) is 27.7 Å². The second kappa shape index (κ2) is 6.11. The SMILES string of the molecule is O=C(COc1ccc(Cl)cc1Br)NC1(CO)CCC1. The van der Waals surface area contributed by atoms with Crippen molar-refractivity contribution >= 4 is 33.4 Å². The second-order valence-electron chi connectivity index (χ2n) is 4.70. The van der Waals surface area contributed by atoms with Crippen molar-refractivity contribution in [1.82, 2.24) is 5.32 Å². The molecule has 0 saturated heterocycles. The number of halogens is 2. The van der Waals surface area contributed by atoms with Crippen molar-refractivity contribution in [2.75, 3.05) is 13.2 Å². The Bertz CT molecular complexity index is 471. The van der Waals surface area contributed by atoms with Gasteiger partial charge in [0.1, 0.15) is 5.75 Å². The monoisotopic (exact) mass is 347 g/mol. The van der Waals surface area contributed by atoms with Gasteiger partial charge < -0.3 is 15.2 Å². The summed E-state index contributed by atoms with van der Waals surface area (Å²) >= 11 is 9.14. The van der Waals surface area contributed by atoms with Crippen molar-refractivity contribution in [3.63, 3.8) is 0 Å². The molecule has 1 fully saturated rings. The van der Waals surface area contributed by atoms with Crippen LogP contribution >= 0.6 is 27.5 Å². The van der Waals surface area contributed by atoms with Crippen LogP contribution in [0.3, 0.4) is 0 Å². The number of hydrogen-bond donors (Lipinski definition) is 2. The van der Waals surface area contributed by atoms with Crippen LogP contribution in [0.2, 0.25) is 5.02 Å². The average molecular weight is 349 g/mol. The molecule has 1 aromatic rings. The van der Waals surface area contributed by atoms with Crippen LogP contribution in [-0.4, -0.2) is 29.8 Å². The number of aliphatic hydroxyl groups is 1. The maximum absolute atomic E-state index is 11.8. The third-order valence-electron chi connectivity index (χ3n) is 3.27. The first-order valence-corrected chi connectivity index (χ1v) is 7.21. The lowest BCUT2D eigenvalue weighted by Gasteiger charge is -2.40. The molecule has 0 bridgehead atoms. The van der Waals surface area contributed by atoms with Crippen LogP contribution < -0.4 is 10.1 Å². The van der Waals surface area contributed by atoms with Gasteiger partial charge in [-0.25, -0.2) is 0 Å². The van der Waals surface area contributed by atoms with Gasteiger partial charge in [-0.05, 0) is 53.4 Å². The molecule has 6 heteroatoms. The van der Waals surface area contributed by atoms with Crippen LogP contribution in [0.25, 0.3) is 0 Å². The number of ether oxygens (including phenoxy) is 1. The van der Waals surface area contributed by atoms with E-state index in [-0.39, 0.29) is 19.1 Å². The second-order valence-corrected chi connectivity index (χ2v) is 5.99. The summed E-state index contributed by atoms with van der Waals surface area (Å²) in [5.41, 5.74) is -0.433. The van der Waals surface area contributed by atoms with E-state index >= 15 is 0 Å². The molecule has 1 aromatic carbocycles. The zero-order valence-corrected chi connectivity index (χ0v) is 12.6. The molecule has 2 rings (SSSR count). The molecule has 1 saturated carbocycles. The normalized spacial score (nSPS) is 16.6. The van der Waals surface area contributed by atoms with Gasteiger partial charge in [-0.2, -0.15) is 0 Å². The highest BCUT2D eigenvalue weighted by atomic mass is 79.9. The Labute approximate surface area is 125 Å².